The number of hydrogen-bond acceptors (Lipinski definition) is 2. The monoisotopic (exact) mass is 479 g/mol. The minimum Gasteiger partial charge on any atom is -0.393 e. The van der Waals surface area contributed by atoms with Crippen molar-refractivity contribution in [1.82, 2.24) is 10.6 Å². The highest BCUT2D eigenvalue weighted by molar-refractivity contribution is 14.0. The van der Waals surface area contributed by atoms with Crippen LogP contribution in [0.4, 0.5) is 0 Å². The number of halogens is 2. The van der Waals surface area contributed by atoms with Crippen molar-refractivity contribution >= 4 is 41.5 Å². The second-order valence-electron chi connectivity index (χ2n) is 7.21. The molecule has 0 unspecified atom stereocenters. The molecule has 0 aromatic heterocycles. The molecule has 0 atom stereocenters. The van der Waals surface area contributed by atoms with Gasteiger partial charge in [0, 0.05) is 23.0 Å². The second kappa shape index (κ2) is 10.6. The van der Waals surface area contributed by atoms with Crippen molar-refractivity contribution in [3.05, 3.63) is 34.9 Å². The van der Waals surface area contributed by atoms with Crippen molar-refractivity contribution < 1.29 is 5.11 Å². The quantitative estimate of drug-likeness (QED) is 0.339. The van der Waals surface area contributed by atoms with E-state index < -0.39 is 0 Å². The summed E-state index contributed by atoms with van der Waals surface area (Å²) in [5, 5.41) is 17.3. The molecular weight excluding hydrogens is 449 g/mol. The summed E-state index contributed by atoms with van der Waals surface area (Å²) in [4.78, 5) is 4.79. The largest absolute Gasteiger partial charge is 0.393 e. The Kier molecular flexibility index (Phi) is 9.52. The molecule has 1 aliphatic carbocycles. The van der Waals surface area contributed by atoms with E-state index in [0.717, 1.165) is 48.8 Å². The molecule has 6 heteroatoms. The van der Waals surface area contributed by atoms with Crippen LogP contribution in [0.3, 0.4) is 0 Å². The van der Waals surface area contributed by atoms with E-state index in [1.165, 1.54) is 0 Å². The van der Waals surface area contributed by atoms with Crippen molar-refractivity contribution in [2.45, 2.75) is 64.0 Å². The van der Waals surface area contributed by atoms with Gasteiger partial charge in [0.15, 0.2) is 5.96 Å². The van der Waals surface area contributed by atoms with Crippen LogP contribution >= 0.6 is 35.6 Å². The standard InChI is InChI=1S/C19H30ClN3O.HI/c1-4-21-18(23-14-9-11-15(24)12-10-14)22-13-19(2,3)16-7-5-6-8-17(16)20;/h5-8,14-15,24H,4,9-13H2,1-3H3,(H2,21,22,23);1H. The summed E-state index contributed by atoms with van der Waals surface area (Å²) in [5.74, 6) is 0.846. The number of hydrogen-bond donors (Lipinski definition) is 3. The van der Waals surface area contributed by atoms with Gasteiger partial charge in [0.1, 0.15) is 0 Å². The van der Waals surface area contributed by atoms with Gasteiger partial charge in [-0.3, -0.25) is 4.99 Å². The van der Waals surface area contributed by atoms with Crippen LogP contribution in [-0.2, 0) is 5.41 Å². The third kappa shape index (κ3) is 6.94. The van der Waals surface area contributed by atoms with Gasteiger partial charge in [-0.1, -0.05) is 43.6 Å². The maximum atomic E-state index is 9.64. The smallest absolute Gasteiger partial charge is 0.191 e. The molecule has 0 radical (unpaired) electrons. The molecule has 142 valence electrons. The van der Waals surface area contributed by atoms with Crippen molar-refractivity contribution in [1.29, 1.82) is 0 Å². The number of aliphatic hydroxyl groups excluding tert-OH is 1. The Morgan fingerprint density at radius 1 is 1.24 bits per heavy atom. The molecule has 0 heterocycles. The van der Waals surface area contributed by atoms with Crippen LogP contribution in [0.1, 0.15) is 52.0 Å². The Balaban J connectivity index is 0.00000312. The summed E-state index contributed by atoms with van der Waals surface area (Å²) in [6.45, 7) is 7.88. The van der Waals surface area contributed by atoms with Crippen LogP contribution in [0.15, 0.2) is 29.3 Å². The van der Waals surface area contributed by atoms with Crippen LogP contribution in [0.2, 0.25) is 5.02 Å². The van der Waals surface area contributed by atoms with E-state index in [0.29, 0.717) is 12.6 Å². The number of aliphatic hydroxyl groups is 1. The normalized spacial score (nSPS) is 21.4. The van der Waals surface area contributed by atoms with E-state index >= 15 is 0 Å². The highest BCUT2D eigenvalue weighted by Gasteiger charge is 2.24. The minimum absolute atomic E-state index is 0. The second-order valence-corrected chi connectivity index (χ2v) is 7.62. The van der Waals surface area contributed by atoms with Gasteiger partial charge in [-0.2, -0.15) is 0 Å². The van der Waals surface area contributed by atoms with Crippen LogP contribution in [0.5, 0.6) is 0 Å². The number of rotatable bonds is 5. The van der Waals surface area contributed by atoms with Gasteiger partial charge in [0.05, 0.1) is 12.6 Å². The summed E-state index contributed by atoms with van der Waals surface area (Å²) in [6, 6.07) is 8.35. The fourth-order valence-electron chi connectivity index (χ4n) is 3.11. The lowest BCUT2D eigenvalue weighted by Crippen LogP contribution is -2.45. The first-order valence-corrected chi connectivity index (χ1v) is 9.28. The van der Waals surface area contributed by atoms with Gasteiger partial charge in [-0.05, 0) is 44.2 Å². The Hall–Kier alpha value is -0.530. The third-order valence-corrected chi connectivity index (χ3v) is 4.95. The fraction of sp³-hybridized carbons (Fsp3) is 0.632. The van der Waals surface area contributed by atoms with Gasteiger partial charge in [0.2, 0.25) is 0 Å². The molecule has 1 aromatic rings. The van der Waals surface area contributed by atoms with Crippen molar-refractivity contribution in [2.24, 2.45) is 4.99 Å². The molecule has 1 saturated carbocycles. The molecule has 0 saturated heterocycles. The number of guanidine groups is 1. The van der Waals surface area contributed by atoms with Gasteiger partial charge in [0.25, 0.3) is 0 Å². The number of nitrogens with one attached hydrogen (secondary N) is 2. The van der Waals surface area contributed by atoms with Crippen LogP contribution in [-0.4, -0.2) is 36.3 Å². The topological polar surface area (TPSA) is 56.7 Å². The summed E-state index contributed by atoms with van der Waals surface area (Å²) in [6.07, 6.45) is 3.56. The van der Waals surface area contributed by atoms with E-state index in [2.05, 4.69) is 37.5 Å². The molecule has 2 rings (SSSR count). The van der Waals surface area contributed by atoms with Crippen LogP contribution < -0.4 is 10.6 Å². The summed E-state index contributed by atoms with van der Waals surface area (Å²) in [5.41, 5.74) is 0.982. The van der Waals surface area contributed by atoms with Crippen molar-refractivity contribution in [3.63, 3.8) is 0 Å². The Morgan fingerprint density at radius 3 is 2.48 bits per heavy atom. The molecule has 0 spiro atoms. The summed E-state index contributed by atoms with van der Waals surface area (Å²) < 4.78 is 0. The van der Waals surface area contributed by atoms with Crippen molar-refractivity contribution in [2.75, 3.05) is 13.1 Å². The molecule has 25 heavy (non-hydrogen) atoms. The first-order chi connectivity index (χ1) is 11.4. The zero-order valence-electron chi connectivity index (χ0n) is 15.4. The number of benzene rings is 1. The maximum absolute atomic E-state index is 9.64. The molecular formula is C19H31ClIN3O. The molecule has 0 bridgehead atoms. The van der Waals surface area contributed by atoms with E-state index in [1.807, 2.05) is 18.2 Å². The summed E-state index contributed by atoms with van der Waals surface area (Å²) in [7, 11) is 0. The van der Waals surface area contributed by atoms with E-state index in [9.17, 15) is 5.11 Å². The summed E-state index contributed by atoms with van der Waals surface area (Å²) >= 11 is 6.35. The lowest BCUT2D eigenvalue weighted by atomic mass is 9.85. The Bertz CT molecular complexity index is 557. The molecule has 1 fully saturated rings. The van der Waals surface area contributed by atoms with E-state index in [4.69, 9.17) is 16.6 Å². The minimum atomic E-state index is -0.137. The zero-order chi connectivity index (χ0) is 17.6. The molecule has 1 aliphatic rings. The molecule has 0 amide bonds. The predicted octanol–water partition coefficient (Wildman–Crippen LogP) is 4.09. The highest BCUT2D eigenvalue weighted by Crippen LogP contribution is 2.29. The average Bonchev–Trinajstić information content (AvgIpc) is 2.55. The first kappa shape index (κ1) is 22.5. The predicted molar refractivity (Wildman–Crippen MR) is 117 cm³/mol. The maximum Gasteiger partial charge on any atom is 0.191 e. The Morgan fingerprint density at radius 2 is 1.88 bits per heavy atom. The van der Waals surface area contributed by atoms with Crippen LogP contribution in [0, 0.1) is 0 Å². The molecule has 1 aromatic carbocycles. The fourth-order valence-corrected chi connectivity index (χ4v) is 3.50. The van der Waals surface area contributed by atoms with Crippen LogP contribution in [0.25, 0.3) is 0 Å². The zero-order valence-corrected chi connectivity index (χ0v) is 18.5. The lowest BCUT2D eigenvalue weighted by Gasteiger charge is -2.29. The van der Waals surface area contributed by atoms with E-state index in [-0.39, 0.29) is 35.5 Å². The lowest BCUT2D eigenvalue weighted by molar-refractivity contribution is 0.120. The van der Waals surface area contributed by atoms with E-state index in [1.54, 1.807) is 0 Å². The third-order valence-electron chi connectivity index (χ3n) is 4.62. The molecule has 3 N–H and O–H groups in total. The van der Waals surface area contributed by atoms with Gasteiger partial charge >= 0.3 is 0 Å². The van der Waals surface area contributed by atoms with Gasteiger partial charge in [-0.25, -0.2) is 0 Å². The average molecular weight is 480 g/mol. The Labute approximate surface area is 173 Å². The van der Waals surface area contributed by atoms with Gasteiger partial charge < -0.3 is 15.7 Å². The van der Waals surface area contributed by atoms with Gasteiger partial charge in [-0.15, -0.1) is 24.0 Å². The number of nitrogens with zero attached hydrogens (tertiary/aromatic N) is 1. The highest BCUT2D eigenvalue weighted by atomic mass is 127. The molecule has 0 aliphatic heterocycles. The first-order valence-electron chi connectivity index (χ1n) is 8.90. The molecule has 4 nitrogen and oxygen atoms in total. The van der Waals surface area contributed by atoms with Crippen molar-refractivity contribution in [3.8, 4) is 0 Å². The number of aliphatic imine (C=N–C) groups is 1. The SMILES string of the molecule is CCNC(=NCC(C)(C)c1ccccc1Cl)NC1CCC(O)CC1.I.